The summed E-state index contributed by atoms with van der Waals surface area (Å²) in [6.07, 6.45) is 0. The Hall–Kier alpha value is -2.94. The molecule has 148 valence electrons. The molecule has 28 heavy (non-hydrogen) atoms. The number of carbonyl (C=O) groups is 3. The zero-order valence-electron chi connectivity index (χ0n) is 14.8. The van der Waals surface area contributed by atoms with Crippen LogP contribution in [0.25, 0.3) is 0 Å². The van der Waals surface area contributed by atoms with E-state index in [1.807, 2.05) is 0 Å². The highest BCUT2D eigenvalue weighted by Crippen LogP contribution is 2.26. The molecule has 2 aromatic carbocycles. The van der Waals surface area contributed by atoms with E-state index in [2.05, 4.69) is 5.32 Å². The molecule has 6 nitrogen and oxygen atoms in total. The van der Waals surface area contributed by atoms with Crippen molar-refractivity contribution in [2.45, 2.75) is 17.6 Å². The van der Waals surface area contributed by atoms with Crippen LogP contribution >= 0.6 is 11.8 Å². The van der Waals surface area contributed by atoms with Gasteiger partial charge < -0.3 is 14.8 Å². The summed E-state index contributed by atoms with van der Waals surface area (Å²) in [6.45, 7) is 0.552. The fraction of sp³-hybridized carbons (Fsp3) is 0.211. The number of hydrogen-bond donors (Lipinski definition) is 1. The molecule has 0 heterocycles. The van der Waals surface area contributed by atoms with Gasteiger partial charge in [0.2, 0.25) is 0 Å². The average molecular weight is 409 g/mol. The summed E-state index contributed by atoms with van der Waals surface area (Å²) in [7, 11) is 0. The number of nitrogens with one attached hydrogen (secondary N) is 1. The maximum Gasteiger partial charge on any atom is 0.342 e. The van der Waals surface area contributed by atoms with Crippen molar-refractivity contribution < 1.29 is 32.6 Å². The zero-order chi connectivity index (χ0) is 20.5. The van der Waals surface area contributed by atoms with Crippen LogP contribution in [-0.4, -0.2) is 36.6 Å². The number of ether oxygens (including phenoxy) is 2. The average Bonchev–Trinajstić information content (AvgIpc) is 2.66. The molecular formula is C19H17F2NO5S. The van der Waals surface area contributed by atoms with Gasteiger partial charge in [0, 0.05) is 10.6 Å². The van der Waals surface area contributed by atoms with E-state index < -0.39 is 17.6 Å². The van der Waals surface area contributed by atoms with Crippen LogP contribution in [0.4, 0.5) is 14.5 Å². The Morgan fingerprint density at radius 1 is 1.04 bits per heavy atom. The topological polar surface area (TPSA) is 81.7 Å². The number of Topliss-reactive ketones (excluding diaryl/α,β-unsaturated/α-hetero) is 1. The summed E-state index contributed by atoms with van der Waals surface area (Å²) in [6, 6.07) is 12.1. The Labute approximate surface area is 164 Å². The largest absolute Gasteiger partial charge is 0.483 e. The first-order chi connectivity index (χ1) is 13.3. The lowest BCUT2D eigenvalue weighted by Crippen LogP contribution is -2.21. The number of para-hydroxylation sites is 1. The van der Waals surface area contributed by atoms with Gasteiger partial charge in [-0.3, -0.25) is 9.59 Å². The van der Waals surface area contributed by atoms with Gasteiger partial charge in [-0.25, -0.2) is 4.79 Å². The standard InChI is InChI=1S/C19H17F2NO5S/c1-12(23)10-27-18(25)15-4-2-3-5-16(15)26-11-17(24)22-13-6-8-14(9-7-13)28-19(20)21/h2-9,19H,10-11H2,1H3,(H,22,24). The van der Waals surface area contributed by atoms with Crippen LogP contribution in [0.5, 0.6) is 5.75 Å². The number of esters is 1. The van der Waals surface area contributed by atoms with E-state index in [0.29, 0.717) is 22.3 Å². The molecule has 0 spiro atoms. The number of hydrogen-bond acceptors (Lipinski definition) is 6. The lowest BCUT2D eigenvalue weighted by molar-refractivity contribution is -0.120. The van der Waals surface area contributed by atoms with Crippen LogP contribution in [0.15, 0.2) is 53.4 Å². The van der Waals surface area contributed by atoms with Crippen molar-refractivity contribution in [2.75, 3.05) is 18.5 Å². The predicted molar refractivity (Wildman–Crippen MR) is 99.8 cm³/mol. The highest BCUT2D eigenvalue weighted by Gasteiger charge is 2.15. The van der Waals surface area contributed by atoms with Crippen molar-refractivity contribution in [3.8, 4) is 5.75 Å². The Morgan fingerprint density at radius 3 is 2.36 bits per heavy atom. The number of carbonyl (C=O) groups excluding carboxylic acids is 3. The summed E-state index contributed by atoms with van der Waals surface area (Å²) in [5, 5.41) is 2.56. The van der Waals surface area contributed by atoms with Crippen LogP contribution in [0.3, 0.4) is 0 Å². The fourth-order valence-electron chi connectivity index (χ4n) is 2.07. The number of thioether (sulfide) groups is 1. The third-order valence-corrected chi connectivity index (χ3v) is 3.96. The molecule has 0 aliphatic carbocycles. The number of rotatable bonds is 9. The zero-order valence-corrected chi connectivity index (χ0v) is 15.6. The van der Waals surface area contributed by atoms with Crippen molar-refractivity contribution in [3.05, 3.63) is 54.1 Å². The Kier molecular flexibility index (Phi) is 7.94. The second-order valence-electron chi connectivity index (χ2n) is 5.51. The van der Waals surface area contributed by atoms with Gasteiger partial charge in [0.05, 0.1) is 0 Å². The second-order valence-corrected chi connectivity index (χ2v) is 6.58. The molecule has 9 heteroatoms. The first-order valence-corrected chi connectivity index (χ1v) is 8.96. The normalized spacial score (nSPS) is 10.4. The van der Waals surface area contributed by atoms with Crippen molar-refractivity contribution >= 4 is 35.1 Å². The van der Waals surface area contributed by atoms with Crippen LogP contribution in [0.1, 0.15) is 17.3 Å². The van der Waals surface area contributed by atoms with Gasteiger partial charge in [-0.05, 0) is 43.3 Å². The minimum atomic E-state index is -2.52. The summed E-state index contributed by atoms with van der Waals surface area (Å²) in [5.41, 5.74) is 0.506. The van der Waals surface area contributed by atoms with Gasteiger partial charge in [-0.15, -0.1) is 0 Å². The van der Waals surface area contributed by atoms with Crippen molar-refractivity contribution in [1.29, 1.82) is 0 Å². The number of halogens is 2. The molecule has 0 bridgehead atoms. The van der Waals surface area contributed by atoms with E-state index in [1.54, 1.807) is 12.1 Å². The lowest BCUT2D eigenvalue weighted by atomic mass is 10.2. The summed E-state index contributed by atoms with van der Waals surface area (Å²) < 4.78 is 34.8. The molecule has 1 amide bonds. The third kappa shape index (κ3) is 6.99. The first-order valence-electron chi connectivity index (χ1n) is 8.08. The molecule has 0 aliphatic rings. The molecule has 0 saturated carbocycles. The Bertz CT molecular complexity index is 842. The van der Waals surface area contributed by atoms with Crippen molar-refractivity contribution in [2.24, 2.45) is 0 Å². The molecule has 0 unspecified atom stereocenters. The van der Waals surface area contributed by atoms with E-state index in [1.165, 1.54) is 43.3 Å². The Balaban J connectivity index is 1.92. The monoisotopic (exact) mass is 409 g/mol. The summed E-state index contributed by atoms with van der Waals surface area (Å²) >= 11 is 0.408. The smallest absolute Gasteiger partial charge is 0.342 e. The number of ketones is 1. The SMILES string of the molecule is CC(=O)COC(=O)c1ccccc1OCC(=O)Nc1ccc(SC(F)F)cc1. The molecule has 0 aliphatic heterocycles. The van der Waals surface area contributed by atoms with E-state index >= 15 is 0 Å². The summed E-state index contributed by atoms with van der Waals surface area (Å²) in [5.74, 6) is -3.92. The van der Waals surface area contributed by atoms with Gasteiger partial charge in [-0.1, -0.05) is 23.9 Å². The van der Waals surface area contributed by atoms with E-state index in [-0.39, 0.29) is 30.3 Å². The van der Waals surface area contributed by atoms with Gasteiger partial charge in [-0.2, -0.15) is 8.78 Å². The predicted octanol–water partition coefficient (Wildman–Crippen LogP) is 3.76. The van der Waals surface area contributed by atoms with E-state index in [4.69, 9.17) is 9.47 Å². The van der Waals surface area contributed by atoms with Crippen LogP contribution in [0.2, 0.25) is 0 Å². The number of benzene rings is 2. The number of anilines is 1. The molecule has 2 aromatic rings. The van der Waals surface area contributed by atoms with Gasteiger partial charge >= 0.3 is 5.97 Å². The molecule has 2 rings (SSSR count). The molecule has 0 radical (unpaired) electrons. The minimum absolute atomic E-state index is 0.0879. The second kappa shape index (κ2) is 10.4. The van der Waals surface area contributed by atoms with Crippen LogP contribution in [-0.2, 0) is 14.3 Å². The number of alkyl halides is 2. The molecule has 0 atom stereocenters. The highest BCUT2D eigenvalue weighted by molar-refractivity contribution is 7.99. The molecule has 0 saturated heterocycles. The van der Waals surface area contributed by atoms with Crippen LogP contribution < -0.4 is 10.1 Å². The molecule has 0 fully saturated rings. The highest BCUT2D eigenvalue weighted by atomic mass is 32.2. The quantitative estimate of drug-likeness (QED) is 0.502. The lowest BCUT2D eigenvalue weighted by Gasteiger charge is -2.11. The van der Waals surface area contributed by atoms with Gasteiger partial charge in [0.15, 0.2) is 12.4 Å². The molecule has 0 aromatic heterocycles. The third-order valence-electron chi connectivity index (χ3n) is 3.24. The first kappa shape index (κ1) is 21.4. The molecule has 1 N–H and O–H groups in total. The van der Waals surface area contributed by atoms with Crippen molar-refractivity contribution in [1.82, 2.24) is 0 Å². The van der Waals surface area contributed by atoms with E-state index in [0.717, 1.165) is 0 Å². The minimum Gasteiger partial charge on any atom is -0.483 e. The summed E-state index contributed by atoms with van der Waals surface area (Å²) in [4.78, 5) is 35.3. The maximum atomic E-state index is 12.3. The Morgan fingerprint density at radius 2 is 1.71 bits per heavy atom. The van der Waals surface area contributed by atoms with Gasteiger partial charge in [0.25, 0.3) is 11.7 Å². The van der Waals surface area contributed by atoms with E-state index in [9.17, 15) is 23.2 Å². The fourth-order valence-corrected chi connectivity index (χ4v) is 2.57. The molecular weight excluding hydrogens is 392 g/mol. The van der Waals surface area contributed by atoms with Gasteiger partial charge in [0.1, 0.15) is 17.9 Å². The number of amides is 1. The van der Waals surface area contributed by atoms with Crippen molar-refractivity contribution in [3.63, 3.8) is 0 Å². The van der Waals surface area contributed by atoms with Crippen LogP contribution in [0, 0.1) is 0 Å². The maximum absolute atomic E-state index is 12.3.